The highest BCUT2D eigenvalue weighted by molar-refractivity contribution is 14.0. The lowest BCUT2D eigenvalue weighted by Crippen LogP contribution is -2.44. The maximum Gasteiger partial charge on any atom is 0.195 e. The molecule has 0 amide bonds. The van der Waals surface area contributed by atoms with Gasteiger partial charge in [0.2, 0.25) is 0 Å². The van der Waals surface area contributed by atoms with Crippen molar-refractivity contribution in [2.24, 2.45) is 4.99 Å². The van der Waals surface area contributed by atoms with E-state index in [0.717, 1.165) is 44.3 Å². The van der Waals surface area contributed by atoms with Gasteiger partial charge in [0.05, 0.1) is 33.0 Å². The SMILES string of the molecule is CCOc1ccc(NC(=NC)NCC(c2ccc(C)cc2)N2CCOCC2)cc1OC.I. The minimum absolute atomic E-state index is 0. The minimum atomic E-state index is 0. The summed E-state index contributed by atoms with van der Waals surface area (Å²) >= 11 is 0. The number of rotatable bonds is 8. The molecule has 1 fully saturated rings. The molecular weight excluding hydrogens is 519 g/mol. The second kappa shape index (κ2) is 13.5. The van der Waals surface area contributed by atoms with Crippen molar-refractivity contribution < 1.29 is 14.2 Å². The number of morpholine rings is 1. The Morgan fingerprint density at radius 1 is 1.12 bits per heavy atom. The number of methoxy groups -OCH3 is 1. The Morgan fingerprint density at radius 2 is 1.84 bits per heavy atom. The molecule has 0 radical (unpaired) electrons. The van der Waals surface area contributed by atoms with E-state index in [1.165, 1.54) is 11.1 Å². The zero-order valence-corrected chi connectivity index (χ0v) is 21.7. The maximum absolute atomic E-state index is 5.60. The average Bonchev–Trinajstić information content (AvgIpc) is 2.81. The summed E-state index contributed by atoms with van der Waals surface area (Å²) in [5.74, 6) is 2.12. The third-order valence-corrected chi connectivity index (χ3v) is 5.36. The van der Waals surface area contributed by atoms with Gasteiger partial charge < -0.3 is 24.8 Å². The molecule has 8 heteroatoms. The Morgan fingerprint density at radius 3 is 2.47 bits per heavy atom. The molecule has 0 aromatic heterocycles. The lowest BCUT2D eigenvalue weighted by molar-refractivity contribution is 0.0170. The average molecular weight is 554 g/mol. The van der Waals surface area contributed by atoms with E-state index in [0.29, 0.717) is 18.3 Å². The van der Waals surface area contributed by atoms with E-state index in [2.05, 4.69) is 51.7 Å². The second-order valence-electron chi connectivity index (χ2n) is 7.45. The highest BCUT2D eigenvalue weighted by Gasteiger charge is 2.23. The summed E-state index contributed by atoms with van der Waals surface area (Å²) in [5.41, 5.74) is 3.43. The third kappa shape index (κ3) is 7.25. The zero-order valence-electron chi connectivity index (χ0n) is 19.4. The van der Waals surface area contributed by atoms with Gasteiger partial charge in [-0.3, -0.25) is 9.89 Å². The highest BCUT2D eigenvalue weighted by Crippen LogP contribution is 2.30. The first-order valence-electron chi connectivity index (χ1n) is 10.8. The molecule has 2 aromatic carbocycles. The normalized spacial score (nSPS) is 15.4. The predicted octanol–water partition coefficient (Wildman–Crippen LogP) is 4.08. The molecule has 2 aromatic rings. The van der Waals surface area contributed by atoms with Gasteiger partial charge in [-0.15, -0.1) is 24.0 Å². The van der Waals surface area contributed by atoms with Gasteiger partial charge in [-0.2, -0.15) is 0 Å². The van der Waals surface area contributed by atoms with E-state index in [1.807, 2.05) is 25.1 Å². The molecule has 0 aliphatic carbocycles. The van der Waals surface area contributed by atoms with Crippen molar-refractivity contribution in [1.82, 2.24) is 10.2 Å². The van der Waals surface area contributed by atoms with Crippen molar-refractivity contribution in [2.45, 2.75) is 19.9 Å². The molecule has 176 valence electrons. The molecular formula is C24H35IN4O3. The molecule has 0 spiro atoms. The zero-order chi connectivity index (χ0) is 22.1. The summed E-state index contributed by atoms with van der Waals surface area (Å²) in [6.45, 7) is 8.76. The van der Waals surface area contributed by atoms with Gasteiger partial charge >= 0.3 is 0 Å². The molecule has 1 aliphatic rings. The maximum atomic E-state index is 5.60. The number of halogens is 1. The molecule has 3 rings (SSSR count). The predicted molar refractivity (Wildman–Crippen MR) is 141 cm³/mol. The van der Waals surface area contributed by atoms with Crippen LogP contribution in [0.25, 0.3) is 0 Å². The Bertz CT molecular complexity index is 855. The van der Waals surface area contributed by atoms with Crippen LogP contribution in [0.1, 0.15) is 24.1 Å². The van der Waals surface area contributed by atoms with Crippen LogP contribution in [0.2, 0.25) is 0 Å². The summed E-state index contributed by atoms with van der Waals surface area (Å²) in [6, 6.07) is 14.8. The van der Waals surface area contributed by atoms with E-state index in [9.17, 15) is 0 Å². The highest BCUT2D eigenvalue weighted by atomic mass is 127. The fourth-order valence-electron chi connectivity index (χ4n) is 3.66. The molecule has 1 saturated heterocycles. The van der Waals surface area contributed by atoms with Crippen LogP contribution in [0.4, 0.5) is 5.69 Å². The Balaban J connectivity index is 0.00000363. The smallest absolute Gasteiger partial charge is 0.195 e. The Kier molecular flexibility index (Phi) is 11.1. The Labute approximate surface area is 208 Å². The number of nitrogens with one attached hydrogen (secondary N) is 2. The third-order valence-electron chi connectivity index (χ3n) is 5.36. The van der Waals surface area contributed by atoms with Crippen LogP contribution in [0, 0.1) is 6.92 Å². The van der Waals surface area contributed by atoms with Crippen LogP contribution in [0.5, 0.6) is 11.5 Å². The summed E-state index contributed by atoms with van der Waals surface area (Å²) in [7, 11) is 3.42. The molecule has 32 heavy (non-hydrogen) atoms. The lowest BCUT2D eigenvalue weighted by atomic mass is 10.0. The standard InChI is InChI=1S/C24H34N4O3.HI/c1-5-31-22-11-10-20(16-23(22)29-4)27-24(25-3)26-17-21(28-12-14-30-15-13-28)19-8-6-18(2)7-9-19;/h6-11,16,21H,5,12-15,17H2,1-4H3,(H2,25,26,27);1H. The molecule has 1 heterocycles. The fourth-order valence-corrected chi connectivity index (χ4v) is 3.66. The number of aliphatic imine (C=N–C) groups is 1. The molecule has 2 N–H and O–H groups in total. The van der Waals surface area contributed by atoms with Crippen LogP contribution >= 0.6 is 24.0 Å². The number of hydrogen-bond donors (Lipinski definition) is 2. The Hall–Kier alpha value is -2.04. The summed E-state index contributed by atoms with van der Waals surface area (Å²) < 4.78 is 16.6. The van der Waals surface area contributed by atoms with Crippen LogP contribution in [-0.4, -0.2) is 64.5 Å². The molecule has 0 saturated carbocycles. The largest absolute Gasteiger partial charge is 0.493 e. The van der Waals surface area contributed by atoms with E-state index >= 15 is 0 Å². The van der Waals surface area contributed by atoms with E-state index in [-0.39, 0.29) is 30.0 Å². The van der Waals surface area contributed by atoms with E-state index in [4.69, 9.17) is 14.2 Å². The van der Waals surface area contributed by atoms with Crippen molar-refractivity contribution in [2.75, 3.05) is 58.9 Å². The number of nitrogens with zero attached hydrogens (tertiary/aromatic N) is 2. The number of hydrogen-bond acceptors (Lipinski definition) is 5. The van der Waals surface area contributed by atoms with Crippen LogP contribution in [0.15, 0.2) is 47.5 Å². The van der Waals surface area contributed by atoms with Gasteiger partial charge in [0.15, 0.2) is 17.5 Å². The molecule has 1 aliphatic heterocycles. The molecule has 1 unspecified atom stereocenters. The van der Waals surface area contributed by atoms with Crippen LogP contribution in [-0.2, 0) is 4.74 Å². The van der Waals surface area contributed by atoms with Crippen molar-refractivity contribution >= 4 is 35.6 Å². The first-order valence-corrected chi connectivity index (χ1v) is 10.8. The first kappa shape index (κ1) is 26.2. The fraction of sp³-hybridized carbons (Fsp3) is 0.458. The van der Waals surface area contributed by atoms with Gasteiger partial charge in [0.1, 0.15) is 0 Å². The minimum Gasteiger partial charge on any atom is -0.493 e. The molecule has 7 nitrogen and oxygen atoms in total. The van der Waals surface area contributed by atoms with Crippen molar-refractivity contribution in [3.63, 3.8) is 0 Å². The second-order valence-corrected chi connectivity index (χ2v) is 7.45. The van der Waals surface area contributed by atoms with Gasteiger partial charge in [-0.05, 0) is 31.5 Å². The number of ether oxygens (including phenoxy) is 3. The first-order chi connectivity index (χ1) is 15.1. The summed E-state index contributed by atoms with van der Waals surface area (Å²) in [5, 5.41) is 6.84. The van der Waals surface area contributed by atoms with Gasteiger partial charge in [0, 0.05) is 38.4 Å². The number of aryl methyl sites for hydroxylation is 1. The quantitative estimate of drug-likeness (QED) is 0.291. The number of guanidine groups is 1. The lowest BCUT2D eigenvalue weighted by Gasteiger charge is -2.35. The van der Waals surface area contributed by atoms with Crippen molar-refractivity contribution in [1.29, 1.82) is 0 Å². The van der Waals surface area contributed by atoms with Gasteiger partial charge in [-0.1, -0.05) is 29.8 Å². The monoisotopic (exact) mass is 554 g/mol. The van der Waals surface area contributed by atoms with Gasteiger partial charge in [0.25, 0.3) is 0 Å². The van der Waals surface area contributed by atoms with Crippen LogP contribution in [0.3, 0.4) is 0 Å². The van der Waals surface area contributed by atoms with Crippen LogP contribution < -0.4 is 20.1 Å². The molecule has 0 bridgehead atoms. The topological polar surface area (TPSA) is 67.4 Å². The van der Waals surface area contributed by atoms with E-state index < -0.39 is 0 Å². The molecule has 1 atom stereocenters. The number of benzene rings is 2. The number of anilines is 1. The van der Waals surface area contributed by atoms with E-state index in [1.54, 1.807) is 14.2 Å². The van der Waals surface area contributed by atoms with Crippen molar-refractivity contribution in [3.05, 3.63) is 53.6 Å². The van der Waals surface area contributed by atoms with Crippen molar-refractivity contribution in [3.8, 4) is 11.5 Å². The summed E-state index contributed by atoms with van der Waals surface area (Å²) in [6.07, 6.45) is 0. The summed E-state index contributed by atoms with van der Waals surface area (Å²) in [4.78, 5) is 6.87. The van der Waals surface area contributed by atoms with Gasteiger partial charge in [-0.25, -0.2) is 0 Å².